The number of anilines is 1. The zero-order valence-electron chi connectivity index (χ0n) is 12.0. The normalized spacial score (nSPS) is 12.2. The standard InChI is InChI=1S/C17H21NO/c1-12-5-8-15(9-6-12)18(4)14(3)16-11-13(2)7-10-17(16)19/h5-11,14,19H,1-4H3. The molecule has 2 nitrogen and oxygen atoms in total. The maximum Gasteiger partial charge on any atom is 0.120 e. The summed E-state index contributed by atoms with van der Waals surface area (Å²) in [6.45, 7) is 6.23. The van der Waals surface area contributed by atoms with Crippen molar-refractivity contribution >= 4 is 5.69 Å². The molecule has 0 aliphatic heterocycles. The lowest BCUT2D eigenvalue weighted by Crippen LogP contribution is -2.21. The quantitative estimate of drug-likeness (QED) is 0.888. The van der Waals surface area contributed by atoms with Gasteiger partial charge < -0.3 is 10.0 Å². The summed E-state index contributed by atoms with van der Waals surface area (Å²) in [5.41, 5.74) is 4.53. The van der Waals surface area contributed by atoms with Crippen LogP contribution in [-0.2, 0) is 0 Å². The number of aryl methyl sites for hydroxylation is 2. The van der Waals surface area contributed by atoms with Crippen LogP contribution in [0.2, 0.25) is 0 Å². The van der Waals surface area contributed by atoms with E-state index in [2.05, 4.69) is 50.1 Å². The summed E-state index contributed by atoms with van der Waals surface area (Å²) in [6, 6.07) is 14.3. The Bertz CT molecular complexity index is 560. The minimum absolute atomic E-state index is 0.127. The molecule has 0 aliphatic rings. The van der Waals surface area contributed by atoms with E-state index >= 15 is 0 Å². The van der Waals surface area contributed by atoms with E-state index in [0.29, 0.717) is 5.75 Å². The molecule has 0 bridgehead atoms. The van der Waals surface area contributed by atoms with E-state index in [9.17, 15) is 5.11 Å². The van der Waals surface area contributed by atoms with Gasteiger partial charge in [-0.1, -0.05) is 35.4 Å². The van der Waals surface area contributed by atoms with E-state index in [-0.39, 0.29) is 6.04 Å². The third-order valence-electron chi connectivity index (χ3n) is 3.66. The molecular weight excluding hydrogens is 234 g/mol. The molecule has 2 aromatic carbocycles. The van der Waals surface area contributed by atoms with Gasteiger partial charge in [0.15, 0.2) is 0 Å². The molecule has 0 amide bonds. The molecule has 19 heavy (non-hydrogen) atoms. The summed E-state index contributed by atoms with van der Waals surface area (Å²) in [5.74, 6) is 0.358. The second kappa shape index (κ2) is 5.35. The van der Waals surface area contributed by atoms with Gasteiger partial charge in [0.05, 0.1) is 6.04 Å². The van der Waals surface area contributed by atoms with Crippen molar-refractivity contribution in [2.24, 2.45) is 0 Å². The van der Waals surface area contributed by atoms with Crippen LogP contribution in [-0.4, -0.2) is 12.2 Å². The van der Waals surface area contributed by atoms with Crippen molar-refractivity contribution in [2.45, 2.75) is 26.8 Å². The lowest BCUT2D eigenvalue weighted by Gasteiger charge is -2.28. The van der Waals surface area contributed by atoms with Gasteiger partial charge in [-0.25, -0.2) is 0 Å². The van der Waals surface area contributed by atoms with Crippen LogP contribution in [0.1, 0.15) is 29.7 Å². The minimum Gasteiger partial charge on any atom is -0.508 e. The highest BCUT2D eigenvalue weighted by atomic mass is 16.3. The van der Waals surface area contributed by atoms with E-state index in [1.54, 1.807) is 6.07 Å². The predicted octanol–water partition coefficient (Wildman–Crippen LogP) is 4.21. The molecule has 0 radical (unpaired) electrons. The number of rotatable bonds is 3. The fraction of sp³-hybridized carbons (Fsp3) is 0.294. The van der Waals surface area contributed by atoms with Crippen LogP contribution in [0.3, 0.4) is 0 Å². The van der Waals surface area contributed by atoms with Gasteiger partial charge in [0.25, 0.3) is 0 Å². The van der Waals surface area contributed by atoms with E-state index in [0.717, 1.165) is 16.8 Å². The van der Waals surface area contributed by atoms with E-state index in [1.807, 2.05) is 19.1 Å². The summed E-state index contributed by atoms with van der Waals surface area (Å²) >= 11 is 0. The molecular formula is C17H21NO. The van der Waals surface area contributed by atoms with E-state index in [4.69, 9.17) is 0 Å². The molecule has 1 N–H and O–H groups in total. The molecule has 1 atom stereocenters. The third-order valence-corrected chi connectivity index (χ3v) is 3.66. The van der Waals surface area contributed by atoms with Gasteiger partial charge in [-0.05, 0) is 39.0 Å². The lowest BCUT2D eigenvalue weighted by molar-refractivity contribution is 0.462. The maximum atomic E-state index is 10.0. The molecule has 0 saturated heterocycles. The number of phenolic OH excluding ortho intramolecular Hbond substituents is 1. The molecule has 0 fully saturated rings. The fourth-order valence-electron chi connectivity index (χ4n) is 2.22. The number of phenols is 1. The predicted molar refractivity (Wildman–Crippen MR) is 80.8 cm³/mol. The Hall–Kier alpha value is -1.96. The van der Waals surface area contributed by atoms with Gasteiger partial charge in [-0.2, -0.15) is 0 Å². The second-order valence-corrected chi connectivity index (χ2v) is 5.18. The van der Waals surface area contributed by atoms with Crippen molar-refractivity contribution in [3.63, 3.8) is 0 Å². The van der Waals surface area contributed by atoms with Crippen molar-refractivity contribution < 1.29 is 5.11 Å². The average molecular weight is 255 g/mol. The second-order valence-electron chi connectivity index (χ2n) is 5.18. The van der Waals surface area contributed by atoms with Crippen molar-refractivity contribution in [3.8, 4) is 5.75 Å². The van der Waals surface area contributed by atoms with Crippen molar-refractivity contribution in [1.29, 1.82) is 0 Å². The SMILES string of the molecule is Cc1ccc(N(C)C(C)c2cc(C)ccc2O)cc1. The number of hydrogen-bond donors (Lipinski definition) is 1. The first-order chi connectivity index (χ1) is 8.99. The zero-order valence-corrected chi connectivity index (χ0v) is 12.0. The van der Waals surface area contributed by atoms with Crippen molar-refractivity contribution in [1.82, 2.24) is 0 Å². The molecule has 2 aromatic rings. The number of benzene rings is 2. The van der Waals surface area contributed by atoms with Crippen LogP contribution in [0.4, 0.5) is 5.69 Å². The van der Waals surface area contributed by atoms with Gasteiger partial charge in [-0.3, -0.25) is 0 Å². The Morgan fingerprint density at radius 1 is 0.947 bits per heavy atom. The summed E-state index contributed by atoms with van der Waals surface area (Å²) in [4.78, 5) is 2.17. The molecule has 0 heterocycles. The molecule has 100 valence electrons. The van der Waals surface area contributed by atoms with E-state index < -0.39 is 0 Å². The first-order valence-corrected chi connectivity index (χ1v) is 6.58. The highest BCUT2D eigenvalue weighted by Crippen LogP contribution is 2.31. The summed E-state index contributed by atoms with van der Waals surface area (Å²) in [6.07, 6.45) is 0. The largest absolute Gasteiger partial charge is 0.508 e. The zero-order chi connectivity index (χ0) is 14.0. The molecule has 0 saturated carbocycles. The van der Waals surface area contributed by atoms with Crippen molar-refractivity contribution in [2.75, 3.05) is 11.9 Å². The van der Waals surface area contributed by atoms with Gasteiger partial charge in [0.1, 0.15) is 5.75 Å². The average Bonchev–Trinajstić information content (AvgIpc) is 2.41. The Balaban J connectivity index is 2.30. The summed E-state index contributed by atoms with van der Waals surface area (Å²) in [7, 11) is 2.05. The van der Waals surface area contributed by atoms with Gasteiger partial charge in [-0.15, -0.1) is 0 Å². The van der Waals surface area contributed by atoms with Crippen molar-refractivity contribution in [3.05, 3.63) is 59.2 Å². The van der Waals surface area contributed by atoms with Crippen LogP contribution in [0.15, 0.2) is 42.5 Å². The van der Waals surface area contributed by atoms with Crippen LogP contribution >= 0.6 is 0 Å². The van der Waals surface area contributed by atoms with Crippen LogP contribution in [0, 0.1) is 13.8 Å². The number of hydrogen-bond acceptors (Lipinski definition) is 2. The molecule has 2 heteroatoms. The summed E-state index contributed by atoms with van der Waals surface area (Å²) < 4.78 is 0. The van der Waals surface area contributed by atoms with Gasteiger partial charge >= 0.3 is 0 Å². The number of nitrogens with zero attached hydrogens (tertiary/aromatic N) is 1. The van der Waals surface area contributed by atoms with E-state index in [1.165, 1.54) is 5.56 Å². The Morgan fingerprint density at radius 2 is 1.53 bits per heavy atom. The highest BCUT2D eigenvalue weighted by Gasteiger charge is 2.15. The lowest BCUT2D eigenvalue weighted by atomic mass is 10.0. The topological polar surface area (TPSA) is 23.5 Å². The fourth-order valence-corrected chi connectivity index (χ4v) is 2.22. The third kappa shape index (κ3) is 2.90. The van der Waals surface area contributed by atoms with Crippen LogP contribution in [0.25, 0.3) is 0 Å². The van der Waals surface area contributed by atoms with Crippen LogP contribution in [0.5, 0.6) is 5.75 Å². The number of aromatic hydroxyl groups is 1. The molecule has 1 unspecified atom stereocenters. The highest BCUT2D eigenvalue weighted by molar-refractivity contribution is 5.51. The summed E-state index contributed by atoms with van der Waals surface area (Å²) in [5, 5.41) is 10.0. The maximum absolute atomic E-state index is 10.0. The van der Waals surface area contributed by atoms with Gasteiger partial charge in [0.2, 0.25) is 0 Å². The Morgan fingerprint density at radius 3 is 2.16 bits per heavy atom. The molecule has 0 aromatic heterocycles. The Labute approximate surface area is 115 Å². The first kappa shape index (κ1) is 13.5. The molecule has 2 rings (SSSR count). The monoisotopic (exact) mass is 255 g/mol. The molecule has 0 aliphatic carbocycles. The van der Waals surface area contributed by atoms with Gasteiger partial charge in [0, 0.05) is 18.3 Å². The minimum atomic E-state index is 0.127. The molecule has 0 spiro atoms. The smallest absolute Gasteiger partial charge is 0.120 e. The first-order valence-electron chi connectivity index (χ1n) is 6.58. The van der Waals surface area contributed by atoms with Crippen LogP contribution < -0.4 is 4.90 Å². The Kier molecular flexibility index (Phi) is 3.79.